The molecular weight excluding hydrogens is 212 g/mol. The predicted molar refractivity (Wildman–Crippen MR) is 63.0 cm³/mol. The van der Waals surface area contributed by atoms with Crippen molar-refractivity contribution in [3.63, 3.8) is 0 Å². The molecule has 0 N–H and O–H groups in total. The summed E-state index contributed by atoms with van der Waals surface area (Å²) >= 11 is 1.57. The Morgan fingerprint density at radius 3 is 2.33 bits per heavy atom. The Morgan fingerprint density at radius 2 is 1.87 bits per heavy atom. The summed E-state index contributed by atoms with van der Waals surface area (Å²) in [6, 6.07) is 0. The number of carbonyl (C=O) groups excluding carboxylic acids is 2. The maximum Gasteiger partial charge on any atom is 0.319 e. The summed E-state index contributed by atoms with van der Waals surface area (Å²) in [4.78, 5) is 23.2. The molecule has 0 heterocycles. The van der Waals surface area contributed by atoms with Gasteiger partial charge in [0.05, 0.1) is 12.4 Å². The fourth-order valence-corrected chi connectivity index (χ4v) is 1.89. The van der Waals surface area contributed by atoms with Gasteiger partial charge in [-0.05, 0) is 32.9 Å². The van der Waals surface area contributed by atoms with E-state index in [-0.39, 0.29) is 5.78 Å². The summed E-state index contributed by atoms with van der Waals surface area (Å²) in [7, 11) is 0. The Labute approximate surface area is 95.9 Å². The first-order chi connectivity index (χ1) is 6.96. The Bertz CT molecular complexity index is 224. The summed E-state index contributed by atoms with van der Waals surface area (Å²) < 4.78 is 4.87. The highest BCUT2D eigenvalue weighted by atomic mass is 32.2. The van der Waals surface area contributed by atoms with E-state index in [2.05, 4.69) is 6.92 Å². The van der Waals surface area contributed by atoms with Crippen molar-refractivity contribution in [1.29, 1.82) is 0 Å². The Hall–Kier alpha value is -0.510. The molecule has 0 amide bonds. The van der Waals surface area contributed by atoms with E-state index in [1.54, 1.807) is 32.5 Å². The molecule has 88 valence electrons. The number of rotatable bonds is 7. The standard InChI is InChI=1S/C11H20O3S/c1-5-7-15-8-9(12)11(3,4)10(13)14-6-2/h5-8H2,1-4H3. The second kappa shape index (κ2) is 6.88. The third-order valence-corrected chi connectivity index (χ3v) is 3.23. The van der Waals surface area contributed by atoms with Gasteiger partial charge >= 0.3 is 5.97 Å². The fraction of sp³-hybridized carbons (Fsp3) is 0.818. The van der Waals surface area contributed by atoms with Gasteiger partial charge in [-0.3, -0.25) is 9.59 Å². The van der Waals surface area contributed by atoms with Gasteiger partial charge < -0.3 is 4.74 Å². The van der Waals surface area contributed by atoms with E-state index in [1.165, 1.54) is 0 Å². The lowest BCUT2D eigenvalue weighted by Crippen LogP contribution is -2.36. The van der Waals surface area contributed by atoms with E-state index in [9.17, 15) is 9.59 Å². The SMILES string of the molecule is CCCSCC(=O)C(C)(C)C(=O)OCC. The molecule has 0 aromatic heterocycles. The van der Waals surface area contributed by atoms with Crippen molar-refractivity contribution < 1.29 is 14.3 Å². The molecule has 0 aromatic carbocycles. The van der Waals surface area contributed by atoms with Crippen molar-refractivity contribution in [2.45, 2.75) is 34.1 Å². The van der Waals surface area contributed by atoms with E-state index in [1.807, 2.05) is 0 Å². The number of ketones is 1. The molecule has 0 aliphatic carbocycles. The van der Waals surface area contributed by atoms with E-state index in [4.69, 9.17) is 4.74 Å². The Kier molecular flexibility index (Phi) is 6.65. The molecule has 0 unspecified atom stereocenters. The first-order valence-electron chi connectivity index (χ1n) is 5.25. The van der Waals surface area contributed by atoms with Gasteiger partial charge in [-0.25, -0.2) is 0 Å². The fourth-order valence-electron chi connectivity index (χ4n) is 0.915. The molecule has 0 fully saturated rings. The van der Waals surface area contributed by atoms with Crippen LogP contribution in [0, 0.1) is 5.41 Å². The van der Waals surface area contributed by atoms with Gasteiger partial charge in [0.25, 0.3) is 0 Å². The average molecular weight is 232 g/mol. The van der Waals surface area contributed by atoms with E-state index < -0.39 is 11.4 Å². The third kappa shape index (κ3) is 4.69. The van der Waals surface area contributed by atoms with Crippen LogP contribution in [0.15, 0.2) is 0 Å². The summed E-state index contributed by atoms with van der Waals surface area (Å²) in [5, 5.41) is 0. The van der Waals surface area contributed by atoms with Gasteiger partial charge in [0.15, 0.2) is 5.78 Å². The number of hydrogen-bond donors (Lipinski definition) is 0. The van der Waals surface area contributed by atoms with E-state index >= 15 is 0 Å². The minimum absolute atomic E-state index is 0.0561. The minimum atomic E-state index is -1.00. The van der Waals surface area contributed by atoms with Gasteiger partial charge in [0.1, 0.15) is 5.41 Å². The van der Waals surface area contributed by atoms with Gasteiger partial charge in [0, 0.05) is 0 Å². The highest BCUT2D eigenvalue weighted by Gasteiger charge is 2.36. The van der Waals surface area contributed by atoms with Crippen LogP contribution in [-0.2, 0) is 14.3 Å². The largest absolute Gasteiger partial charge is 0.465 e. The minimum Gasteiger partial charge on any atom is -0.465 e. The number of hydrogen-bond acceptors (Lipinski definition) is 4. The van der Waals surface area contributed by atoms with Crippen molar-refractivity contribution >= 4 is 23.5 Å². The first-order valence-corrected chi connectivity index (χ1v) is 6.40. The molecule has 0 saturated carbocycles. The summed E-state index contributed by atoms with van der Waals surface area (Å²) in [6.07, 6.45) is 1.04. The molecule has 0 bridgehead atoms. The van der Waals surface area contributed by atoms with Gasteiger partial charge in [-0.15, -0.1) is 0 Å². The first kappa shape index (κ1) is 14.5. The molecule has 0 atom stereocenters. The van der Waals surface area contributed by atoms with Crippen molar-refractivity contribution in [1.82, 2.24) is 0 Å². The molecule has 0 rings (SSSR count). The average Bonchev–Trinajstić information content (AvgIpc) is 2.18. The van der Waals surface area contributed by atoms with E-state index in [0.29, 0.717) is 12.4 Å². The van der Waals surface area contributed by atoms with Crippen molar-refractivity contribution in [2.75, 3.05) is 18.1 Å². The Balaban J connectivity index is 4.19. The lowest BCUT2D eigenvalue weighted by Gasteiger charge is -2.20. The van der Waals surface area contributed by atoms with Gasteiger partial charge in [0.2, 0.25) is 0 Å². The lowest BCUT2D eigenvalue weighted by atomic mass is 9.89. The van der Waals surface area contributed by atoms with Crippen LogP contribution >= 0.6 is 11.8 Å². The van der Waals surface area contributed by atoms with Crippen LogP contribution in [0.3, 0.4) is 0 Å². The maximum absolute atomic E-state index is 11.7. The number of esters is 1. The van der Waals surface area contributed by atoms with E-state index in [0.717, 1.165) is 12.2 Å². The molecule has 4 heteroatoms. The van der Waals surface area contributed by atoms with Crippen LogP contribution in [0.1, 0.15) is 34.1 Å². The van der Waals surface area contributed by atoms with Crippen LogP contribution in [0.4, 0.5) is 0 Å². The highest BCUT2D eigenvalue weighted by molar-refractivity contribution is 7.99. The monoisotopic (exact) mass is 232 g/mol. The topological polar surface area (TPSA) is 43.4 Å². The van der Waals surface area contributed by atoms with Crippen molar-refractivity contribution in [3.05, 3.63) is 0 Å². The number of thioether (sulfide) groups is 1. The molecule has 0 aliphatic rings. The molecule has 0 spiro atoms. The summed E-state index contributed by atoms with van der Waals surface area (Å²) in [5.41, 5.74) is -1.00. The number of carbonyl (C=O) groups is 2. The van der Waals surface area contributed by atoms with Gasteiger partial charge in [-0.1, -0.05) is 6.92 Å². The van der Waals surface area contributed by atoms with Crippen molar-refractivity contribution in [2.24, 2.45) is 5.41 Å². The summed E-state index contributed by atoms with van der Waals surface area (Å²) in [6.45, 7) is 7.37. The predicted octanol–water partition coefficient (Wildman–Crippen LogP) is 2.29. The van der Waals surface area contributed by atoms with Crippen LogP contribution < -0.4 is 0 Å². The van der Waals surface area contributed by atoms with Crippen LogP contribution in [0.25, 0.3) is 0 Å². The highest BCUT2D eigenvalue weighted by Crippen LogP contribution is 2.21. The molecule has 15 heavy (non-hydrogen) atoms. The third-order valence-electron chi connectivity index (χ3n) is 2.06. The normalized spacial score (nSPS) is 11.2. The zero-order valence-electron chi connectivity index (χ0n) is 9.96. The lowest BCUT2D eigenvalue weighted by molar-refractivity contribution is -0.157. The van der Waals surface area contributed by atoms with Crippen LogP contribution in [0.2, 0.25) is 0 Å². The molecule has 0 aromatic rings. The number of ether oxygens (including phenoxy) is 1. The van der Waals surface area contributed by atoms with Crippen LogP contribution in [0.5, 0.6) is 0 Å². The van der Waals surface area contributed by atoms with Crippen LogP contribution in [-0.4, -0.2) is 29.9 Å². The zero-order valence-corrected chi connectivity index (χ0v) is 10.8. The zero-order chi connectivity index (χ0) is 11.9. The molecule has 0 radical (unpaired) electrons. The summed E-state index contributed by atoms with van der Waals surface area (Å²) in [5.74, 6) is 0.858. The van der Waals surface area contributed by atoms with Crippen molar-refractivity contribution in [3.8, 4) is 0 Å². The second-order valence-electron chi connectivity index (χ2n) is 3.82. The maximum atomic E-state index is 11.7. The molecule has 0 aliphatic heterocycles. The molecule has 0 saturated heterocycles. The van der Waals surface area contributed by atoms with Gasteiger partial charge in [-0.2, -0.15) is 11.8 Å². The smallest absolute Gasteiger partial charge is 0.319 e. The second-order valence-corrected chi connectivity index (χ2v) is 4.93. The quantitative estimate of drug-likeness (QED) is 0.384. The molecular formula is C11H20O3S. The Morgan fingerprint density at radius 1 is 1.27 bits per heavy atom. The molecule has 3 nitrogen and oxygen atoms in total. The number of Topliss-reactive ketones (excluding diaryl/α,β-unsaturated/α-hetero) is 1.